The second-order valence-corrected chi connectivity index (χ2v) is 4.43. The molecule has 0 aromatic carbocycles. The van der Waals surface area contributed by atoms with Crippen LogP contribution >= 0.6 is 15.9 Å². The molecule has 0 aliphatic carbocycles. The summed E-state index contributed by atoms with van der Waals surface area (Å²) in [6.45, 7) is 3.86. The zero-order valence-corrected chi connectivity index (χ0v) is 10.6. The van der Waals surface area contributed by atoms with Gasteiger partial charge in [0.15, 0.2) is 5.76 Å². The predicted molar refractivity (Wildman–Crippen MR) is 63.4 cm³/mol. The normalized spacial score (nSPS) is 12.5. The van der Waals surface area contributed by atoms with Gasteiger partial charge < -0.3 is 9.73 Å². The number of furan rings is 1. The highest BCUT2D eigenvalue weighted by atomic mass is 79.9. The van der Waals surface area contributed by atoms with Gasteiger partial charge >= 0.3 is 0 Å². The summed E-state index contributed by atoms with van der Waals surface area (Å²) in [6.07, 6.45) is 3.56. The molecular weight excluding hydrogens is 258 g/mol. The van der Waals surface area contributed by atoms with Crippen molar-refractivity contribution in [3.8, 4) is 0 Å². The predicted octanol–water partition coefficient (Wildman–Crippen LogP) is 2.88. The first-order chi connectivity index (χ1) is 7.15. The van der Waals surface area contributed by atoms with Crippen LogP contribution in [0.4, 0.5) is 0 Å². The minimum Gasteiger partial charge on any atom is -0.459 e. The Kier molecular flexibility index (Phi) is 4.88. The van der Waals surface area contributed by atoms with Gasteiger partial charge in [-0.25, -0.2) is 0 Å². The molecule has 15 heavy (non-hydrogen) atoms. The molecule has 4 heteroatoms. The Morgan fingerprint density at radius 1 is 1.67 bits per heavy atom. The third-order valence-corrected chi connectivity index (χ3v) is 2.78. The zero-order chi connectivity index (χ0) is 11.3. The Morgan fingerprint density at radius 2 is 2.40 bits per heavy atom. The molecule has 1 heterocycles. The number of hydrogen-bond acceptors (Lipinski definition) is 2. The fourth-order valence-corrected chi connectivity index (χ4v) is 1.67. The van der Waals surface area contributed by atoms with Gasteiger partial charge in [0.25, 0.3) is 5.91 Å². The van der Waals surface area contributed by atoms with Crippen molar-refractivity contribution in [2.45, 2.75) is 32.7 Å². The van der Waals surface area contributed by atoms with Gasteiger partial charge in [0.05, 0.1) is 6.26 Å². The molecule has 0 saturated heterocycles. The summed E-state index contributed by atoms with van der Waals surface area (Å²) in [5, 5.41) is 3.87. The van der Waals surface area contributed by atoms with Gasteiger partial charge in [0, 0.05) is 16.9 Å². The Morgan fingerprint density at radius 3 is 2.93 bits per heavy atom. The van der Waals surface area contributed by atoms with Crippen molar-refractivity contribution in [2.24, 2.45) is 0 Å². The molecule has 0 saturated carbocycles. The topological polar surface area (TPSA) is 42.2 Å². The third kappa shape index (κ3) is 3.70. The molecule has 0 aliphatic heterocycles. The average molecular weight is 274 g/mol. The second-order valence-electron chi connectivity index (χ2n) is 3.64. The smallest absolute Gasteiger partial charge is 0.287 e. The molecule has 1 aromatic rings. The molecule has 1 rings (SSSR count). The first kappa shape index (κ1) is 12.3. The highest BCUT2D eigenvalue weighted by molar-refractivity contribution is 9.09. The quantitative estimate of drug-likeness (QED) is 0.839. The van der Waals surface area contributed by atoms with Gasteiger partial charge in [-0.1, -0.05) is 15.9 Å². The highest BCUT2D eigenvalue weighted by Crippen LogP contribution is 2.09. The first-order valence-corrected chi connectivity index (χ1v) is 6.18. The number of rotatable bonds is 5. The van der Waals surface area contributed by atoms with Crippen LogP contribution in [0.2, 0.25) is 0 Å². The monoisotopic (exact) mass is 273 g/mol. The minimum absolute atomic E-state index is 0.125. The van der Waals surface area contributed by atoms with E-state index in [-0.39, 0.29) is 11.9 Å². The molecule has 1 atom stereocenters. The molecule has 0 fully saturated rings. The molecule has 3 nitrogen and oxygen atoms in total. The summed E-state index contributed by atoms with van der Waals surface area (Å²) in [7, 11) is 0. The lowest BCUT2D eigenvalue weighted by atomic mass is 10.2. The van der Waals surface area contributed by atoms with Crippen LogP contribution in [0.3, 0.4) is 0 Å². The molecule has 0 bridgehead atoms. The van der Waals surface area contributed by atoms with E-state index < -0.39 is 0 Å². The number of halogens is 1. The maximum absolute atomic E-state index is 11.7. The van der Waals surface area contributed by atoms with Crippen LogP contribution in [0, 0.1) is 6.92 Å². The van der Waals surface area contributed by atoms with Crippen molar-refractivity contribution < 1.29 is 9.21 Å². The summed E-state index contributed by atoms with van der Waals surface area (Å²) in [4.78, 5) is 11.7. The van der Waals surface area contributed by atoms with E-state index in [1.165, 1.54) is 6.26 Å². The second kappa shape index (κ2) is 5.95. The van der Waals surface area contributed by atoms with Crippen molar-refractivity contribution in [3.05, 3.63) is 23.7 Å². The lowest BCUT2D eigenvalue weighted by molar-refractivity contribution is 0.0909. The summed E-state index contributed by atoms with van der Waals surface area (Å²) in [6, 6.07) is 1.97. The zero-order valence-electron chi connectivity index (χ0n) is 9.05. The summed E-state index contributed by atoms with van der Waals surface area (Å²) < 4.78 is 5.11. The van der Waals surface area contributed by atoms with Gasteiger partial charge in [-0.3, -0.25) is 4.79 Å². The molecule has 0 radical (unpaired) electrons. The third-order valence-electron chi connectivity index (χ3n) is 2.22. The van der Waals surface area contributed by atoms with Gasteiger partial charge in [-0.2, -0.15) is 0 Å². The summed E-state index contributed by atoms with van der Waals surface area (Å²) in [5.74, 6) is 0.292. The van der Waals surface area contributed by atoms with Crippen LogP contribution in [-0.2, 0) is 0 Å². The van der Waals surface area contributed by atoms with Crippen molar-refractivity contribution in [1.29, 1.82) is 0 Å². The van der Waals surface area contributed by atoms with Crippen molar-refractivity contribution in [1.82, 2.24) is 5.32 Å². The number of carbonyl (C=O) groups is 1. The highest BCUT2D eigenvalue weighted by Gasteiger charge is 2.14. The maximum atomic E-state index is 11.7. The summed E-state index contributed by atoms with van der Waals surface area (Å²) >= 11 is 3.36. The Labute approximate surface area is 98.4 Å². The van der Waals surface area contributed by atoms with E-state index in [2.05, 4.69) is 21.2 Å². The largest absolute Gasteiger partial charge is 0.459 e. The molecule has 1 N–H and O–H groups in total. The number of nitrogens with one attached hydrogen (secondary N) is 1. The molecular formula is C11H16BrNO2. The van der Waals surface area contributed by atoms with E-state index >= 15 is 0 Å². The number of aryl methyl sites for hydroxylation is 1. The van der Waals surface area contributed by atoms with Crippen LogP contribution in [0.1, 0.15) is 35.9 Å². The molecule has 1 unspecified atom stereocenters. The van der Waals surface area contributed by atoms with Crippen LogP contribution in [0.15, 0.2) is 16.7 Å². The fourth-order valence-electron chi connectivity index (χ4n) is 1.35. The molecule has 0 spiro atoms. The van der Waals surface area contributed by atoms with Crippen LogP contribution in [0.25, 0.3) is 0 Å². The van der Waals surface area contributed by atoms with E-state index in [4.69, 9.17) is 4.42 Å². The molecule has 1 aromatic heterocycles. The Hall–Kier alpha value is -0.770. The molecule has 84 valence electrons. The number of alkyl halides is 1. The number of hydrogen-bond donors (Lipinski definition) is 1. The first-order valence-electron chi connectivity index (χ1n) is 5.06. The Bertz CT molecular complexity index is 322. The molecule has 0 aliphatic rings. The van der Waals surface area contributed by atoms with E-state index in [0.29, 0.717) is 5.76 Å². The van der Waals surface area contributed by atoms with Gasteiger partial charge in [0.2, 0.25) is 0 Å². The number of amides is 1. The van der Waals surface area contributed by atoms with E-state index in [0.717, 1.165) is 23.7 Å². The van der Waals surface area contributed by atoms with Crippen molar-refractivity contribution in [2.75, 3.05) is 5.33 Å². The van der Waals surface area contributed by atoms with Crippen LogP contribution in [-0.4, -0.2) is 17.3 Å². The SMILES string of the molecule is Cc1ccoc1C(=O)NC(C)CCCBr. The molecule has 1 amide bonds. The van der Waals surface area contributed by atoms with E-state index in [9.17, 15) is 4.79 Å². The van der Waals surface area contributed by atoms with Gasteiger partial charge in [-0.05, 0) is 32.8 Å². The standard InChI is InChI=1S/C11H16BrNO2/c1-8-5-7-15-10(8)11(14)13-9(2)4-3-6-12/h5,7,9H,3-4,6H2,1-2H3,(H,13,14). The maximum Gasteiger partial charge on any atom is 0.287 e. The van der Waals surface area contributed by atoms with Gasteiger partial charge in [-0.15, -0.1) is 0 Å². The lowest BCUT2D eigenvalue weighted by Crippen LogP contribution is -2.32. The number of carbonyl (C=O) groups excluding carboxylic acids is 1. The summed E-state index contributed by atoms with van der Waals surface area (Å²) in [5.41, 5.74) is 0.875. The van der Waals surface area contributed by atoms with E-state index in [1.807, 2.05) is 13.8 Å². The Balaban J connectivity index is 2.46. The lowest BCUT2D eigenvalue weighted by Gasteiger charge is -2.12. The van der Waals surface area contributed by atoms with Crippen LogP contribution in [0.5, 0.6) is 0 Å². The van der Waals surface area contributed by atoms with Crippen molar-refractivity contribution in [3.63, 3.8) is 0 Å². The van der Waals surface area contributed by atoms with E-state index in [1.54, 1.807) is 6.07 Å². The van der Waals surface area contributed by atoms with Crippen LogP contribution < -0.4 is 5.32 Å². The van der Waals surface area contributed by atoms with Crippen molar-refractivity contribution >= 4 is 21.8 Å². The average Bonchev–Trinajstić information content (AvgIpc) is 2.61. The fraction of sp³-hybridized carbons (Fsp3) is 0.545. The minimum atomic E-state index is -0.125. The van der Waals surface area contributed by atoms with Gasteiger partial charge in [0.1, 0.15) is 0 Å².